The monoisotopic (exact) mass is 339 g/mol. The molecule has 20 heavy (non-hydrogen) atoms. The summed E-state index contributed by atoms with van der Waals surface area (Å²) >= 11 is 3.46. The molecule has 2 rings (SSSR count). The maximum absolute atomic E-state index is 3.49. The highest BCUT2D eigenvalue weighted by molar-refractivity contribution is 9.10. The highest BCUT2D eigenvalue weighted by Crippen LogP contribution is 2.14. The topological polar surface area (TPSA) is 18.5 Å². The molecular weight excluding hydrogens is 314 g/mol. The molecule has 0 aromatic heterocycles. The van der Waals surface area contributed by atoms with Gasteiger partial charge < -0.3 is 5.32 Å². The summed E-state index contributed by atoms with van der Waals surface area (Å²) in [5.74, 6) is 0. The first-order valence-electron chi connectivity index (χ1n) is 7.65. The van der Waals surface area contributed by atoms with Gasteiger partial charge in [0.05, 0.1) is 0 Å². The number of piperazine rings is 1. The fraction of sp³-hybridized carbons (Fsp3) is 0.625. The molecule has 0 aliphatic carbocycles. The summed E-state index contributed by atoms with van der Waals surface area (Å²) in [5, 5.41) is 3.49. The Morgan fingerprint density at radius 3 is 2.40 bits per heavy atom. The van der Waals surface area contributed by atoms with Crippen molar-refractivity contribution < 1.29 is 0 Å². The van der Waals surface area contributed by atoms with Gasteiger partial charge >= 0.3 is 0 Å². The molecule has 1 aromatic carbocycles. The molecule has 1 heterocycles. The van der Waals surface area contributed by atoms with Gasteiger partial charge in [-0.25, -0.2) is 0 Å². The summed E-state index contributed by atoms with van der Waals surface area (Å²) in [4.78, 5) is 5.17. The van der Waals surface area contributed by atoms with Gasteiger partial charge in [-0.3, -0.25) is 9.80 Å². The van der Waals surface area contributed by atoms with Crippen LogP contribution in [0.3, 0.4) is 0 Å². The van der Waals surface area contributed by atoms with Gasteiger partial charge in [0.1, 0.15) is 0 Å². The number of halogens is 1. The average molecular weight is 340 g/mol. The third kappa shape index (κ3) is 4.76. The van der Waals surface area contributed by atoms with E-state index in [1.165, 1.54) is 38.3 Å². The Kier molecular flexibility index (Phi) is 6.33. The lowest BCUT2D eigenvalue weighted by Gasteiger charge is -2.37. The molecule has 1 N–H and O–H groups in total. The van der Waals surface area contributed by atoms with Crippen LogP contribution in [-0.2, 0) is 0 Å². The van der Waals surface area contributed by atoms with E-state index in [1.807, 2.05) is 0 Å². The Balaban J connectivity index is 1.65. The van der Waals surface area contributed by atoms with E-state index in [2.05, 4.69) is 69.2 Å². The summed E-state index contributed by atoms with van der Waals surface area (Å²) in [6.07, 6.45) is 1.26. The fourth-order valence-electron chi connectivity index (χ4n) is 2.61. The fourth-order valence-corrected chi connectivity index (χ4v) is 2.88. The maximum Gasteiger partial charge on any atom is 0.0341 e. The van der Waals surface area contributed by atoms with Gasteiger partial charge in [0.25, 0.3) is 0 Å². The highest BCUT2D eigenvalue weighted by Gasteiger charge is 2.19. The van der Waals surface area contributed by atoms with Crippen molar-refractivity contribution in [3.63, 3.8) is 0 Å². The van der Waals surface area contributed by atoms with Crippen molar-refractivity contribution in [2.75, 3.05) is 44.6 Å². The zero-order valence-electron chi connectivity index (χ0n) is 12.6. The first kappa shape index (κ1) is 15.8. The van der Waals surface area contributed by atoms with E-state index in [-0.39, 0.29) is 0 Å². The number of rotatable bonds is 6. The molecule has 1 aliphatic heterocycles. The van der Waals surface area contributed by atoms with Crippen LogP contribution in [0.15, 0.2) is 28.7 Å². The Bertz CT molecular complexity index is 385. The van der Waals surface area contributed by atoms with E-state index in [9.17, 15) is 0 Å². The normalized spacial score (nSPS) is 18.9. The molecule has 0 bridgehead atoms. The molecule has 112 valence electrons. The largest absolute Gasteiger partial charge is 0.384 e. The van der Waals surface area contributed by atoms with Crippen LogP contribution in [0.5, 0.6) is 0 Å². The molecule has 1 aliphatic rings. The quantitative estimate of drug-likeness (QED) is 0.857. The number of benzene rings is 1. The van der Waals surface area contributed by atoms with Crippen molar-refractivity contribution in [3.05, 3.63) is 28.7 Å². The summed E-state index contributed by atoms with van der Waals surface area (Å²) in [7, 11) is 0. The van der Waals surface area contributed by atoms with Gasteiger partial charge in [0.15, 0.2) is 0 Å². The van der Waals surface area contributed by atoms with Crippen LogP contribution in [0.2, 0.25) is 0 Å². The number of hydrogen-bond acceptors (Lipinski definition) is 3. The van der Waals surface area contributed by atoms with E-state index in [4.69, 9.17) is 0 Å². The van der Waals surface area contributed by atoms with Gasteiger partial charge in [-0.05, 0) is 37.6 Å². The van der Waals surface area contributed by atoms with Crippen molar-refractivity contribution in [2.45, 2.75) is 26.3 Å². The van der Waals surface area contributed by atoms with Gasteiger partial charge in [-0.1, -0.05) is 22.9 Å². The summed E-state index contributed by atoms with van der Waals surface area (Å²) in [6, 6.07) is 9.12. The van der Waals surface area contributed by atoms with E-state index in [1.54, 1.807) is 0 Å². The zero-order chi connectivity index (χ0) is 14.4. The molecule has 3 nitrogen and oxygen atoms in total. The second-order valence-electron chi connectivity index (χ2n) is 5.57. The van der Waals surface area contributed by atoms with Crippen LogP contribution in [0, 0.1) is 0 Å². The van der Waals surface area contributed by atoms with Crippen LogP contribution in [0.4, 0.5) is 5.69 Å². The molecule has 1 fully saturated rings. The number of hydrogen-bond donors (Lipinski definition) is 1. The minimum Gasteiger partial charge on any atom is -0.384 e. The summed E-state index contributed by atoms with van der Waals surface area (Å²) in [6.45, 7) is 11.6. The maximum atomic E-state index is 3.49. The Morgan fingerprint density at radius 1 is 1.15 bits per heavy atom. The second-order valence-corrected chi connectivity index (χ2v) is 6.48. The molecule has 0 amide bonds. The summed E-state index contributed by atoms with van der Waals surface area (Å²) in [5.41, 5.74) is 1.20. The molecule has 1 saturated heterocycles. The molecular formula is C16H26BrN3. The van der Waals surface area contributed by atoms with Crippen LogP contribution < -0.4 is 5.32 Å². The third-order valence-electron chi connectivity index (χ3n) is 4.22. The predicted molar refractivity (Wildman–Crippen MR) is 90.4 cm³/mol. The van der Waals surface area contributed by atoms with Crippen molar-refractivity contribution in [1.82, 2.24) is 9.80 Å². The minimum atomic E-state index is 0.734. The molecule has 1 atom stereocenters. The standard InChI is InChI=1S/C16H26BrN3/c1-3-14(2)20-12-10-19(11-13-20)9-8-18-16-6-4-15(17)5-7-16/h4-7,14,18H,3,8-13H2,1-2H3. The first-order valence-corrected chi connectivity index (χ1v) is 8.44. The number of nitrogens with one attached hydrogen (secondary N) is 1. The van der Waals surface area contributed by atoms with Crippen LogP contribution >= 0.6 is 15.9 Å². The SMILES string of the molecule is CCC(C)N1CCN(CCNc2ccc(Br)cc2)CC1. The zero-order valence-corrected chi connectivity index (χ0v) is 14.2. The lowest BCUT2D eigenvalue weighted by Crippen LogP contribution is -2.50. The second kappa shape index (κ2) is 8.01. The number of nitrogens with zero attached hydrogens (tertiary/aromatic N) is 2. The predicted octanol–water partition coefficient (Wildman–Crippen LogP) is 3.28. The molecule has 0 saturated carbocycles. The lowest BCUT2D eigenvalue weighted by molar-refractivity contribution is 0.103. The molecule has 1 aromatic rings. The minimum absolute atomic E-state index is 0.734. The van der Waals surface area contributed by atoms with Gasteiger partial charge in [-0.15, -0.1) is 0 Å². The first-order chi connectivity index (χ1) is 9.69. The Labute approximate surface area is 131 Å². The van der Waals surface area contributed by atoms with Crippen molar-refractivity contribution in [1.29, 1.82) is 0 Å². The van der Waals surface area contributed by atoms with Crippen molar-refractivity contribution >= 4 is 21.6 Å². The Morgan fingerprint density at radius 2 is 1.80 bits per heavy atom. The molecule has 0 radical (unpaired) electrons. The molecule has 1 unspecified atom stereocenters. The molecule has 4 heteroatoms. The average Bonchev–Trinajstić information content (AvgIpc) is 2.49. The van der Waals surface area contributed by atoms with Crippen LogP contribution in [0.25, 0.3) is 0 Å². The Hall–Kier alpha value is -0.580. The van der Waals surface area contributed by atoms with Crippen molar-refractivity contribution in [3.8, 4) is 0 Å². The van der Waals surface area contributed by atoms with E-state index < -0.39 is 0 Å². The third-order valence-corrected chi connectivity index (χ3v) is 4.75. The van der Waals surface area contributed by atoms with Crippen LogP contribution in [0.1, 0.15) is 20.3 Å². The highest BCUT2D eigenvalue weighted by atomic mass is 79.9. The van der Waals surface area contributed by atoms with E-state index in [0.29, 0.717) is 0 Å². The number of anilines is 1. The van der Waals surface area contributed by atoms with E-state index >= 15 is 0 Å². The lowest BCUT2D eigenvalue weighted by atomic mass is 10.2. The van der Waals surface area contributed by atoms with E-state index in [0.717, 1.165) is 23.6 Å². The van der Waals surface area contributed by atoms with Gasteiger partial charge in [0, 0.05) is 55.5 Å². The van der Waals surface area contributed by atoms with Crippen LogP contribution in [-0.4, -0.2) is 55.1 Å². The van der Waals surface area contributed by atoms with Crippen molar-refractivity contribution in [2.24, 2.45) is 0 Å². The van der Waals surface area contributed by atoms with Gasteiger partial charge in [-0.2, -0.15) is 0 Å². The van der Waals surface area contributed by atoms with Gasteiger partial charge in [0.2, 0.25) is 0 Å². The smallest absolute Gasteiger partial charge is 0.0341 e. The summed E-state index contributed by atoms with van der Waals surface area (Å²) < 4.78 is 1.13. The molecule has 0 spiro atoms.